The minimum atomic E-state index is -3.96. The molecule has 0 aliphatic carbocycles. The molecular weight excluding hydrogens is 687 g/mol. The Morgan fingerprint density at radius 1 is 0.941 bits per heavy atom. The van der Waals surface area contributed by atoms with E-state index in [0.29, 0.717) is 23.0 Å². The molecule has 2 amide bonds. The second-order valence-corrected chi connectivity index (χ2v) is 15.1. The zero-order valence-electron chi connectivity index (χ0n) is 28.8. The molecular formula is C39H39N3O7S2. The number of ether oxygens (including phenoxy) is 2. The molecule has 0 saturated carbocycles. The molecule has 51 heavy (non-hydrogen) atoms. The largest absolute Gasteiger partial charge is 0.491 e. The Hall–Kier alpha value is -4.88. The van der Waals surface area contributed by atoms with Gasteiger partial charge in [-0.3, -0.25) is 9.59 Å². The van der Waals surface area contributed by atoms with E-state index in [0.717, 1.165) is 50.5 Å². The third-order valence-electron chi connectivity index (χ3n) is 8.45. The number of fused-ring (bicyclic) bond motifs is 1. The van der Waals surface area contributed by atoms with Gasteiger partial charge in [-0.05, 0) is 93.3 Å². The van der Waals surface area contributed by atoms with Crippen molar-refractivity contribution in [2.45, 2.75) is 51.7 Å². The summed E-state index contributed by atoms with van der Waals surface area (Å²) in [5, 5.41) is 3.44. The lowest BCUT2D eigenvalue weighted by Crippen LogP contribution is -2.29. The topological polar surface area (TPSA) is 124 Å². The number of carbonyl (C=O) groups is 2. The Morgan fingerprint density at radius 2 is 1.73 bits per heavy atom. The van der Waals surface area contributed by atoms with Gasteiger partial charge in [0.1, 0.15) is 12.4 Å². The van der Waals surface area contributed by atoms with Crippen LogP contribution in [-0.2, 0) is 36.7 Å². The van der Waals surface area contributed by atoms with Crippen molar-refractivity contribution in [2.75, 3.05) is 30.0 Å². The number of nitrogens with one attached hydrogen (secondary N) is 1. The highest BCUT2D eigenvalue weighted by Gasteiger charge is 2.27. The highest BCUT2D eigenvalue weighted by Crippen LogP contribution is 2.36. The molecule has 0 radical (unpaired) electrons. The Morgan fingerprint density at radius 3 is 2.51 bits per heavy atom. The van der Waals surface area contributed by atoms with Gasteiger partial charge in [0, 0.05) is 28.2 Å². The van der Waals surface area contributed by atoms with Crippen LogP contribution in [-0.4, -0.2) is 51.3 Å². The minimum absolute atomic E-state index is 0.00464. The Labute approximate surface area is 302 Å². The van der Waals surface area contributed by atoms with E-state index >= 15 is 0 Å². The number of benzene rings is 4. The van der Waals surface area contributed by atoms with Crippen molar-refractivity contribution in [2.24, 2.45) is 0 Å². The van der Waals surface area contributed by atoms with E-state index in [1.165, 1.54) is 30.4 Å². The molecule has 1 aliphatic rings. The van der Waals surface area contributed by atoms with E-state index < -0.39 is 16.4 Å². The van der Waals surface area contributed by atoms with Crippen LogP contribution in [0.5, 0.6) is 5.75 Å². The standard InChI is InChI=1S/C39H39N3O7S2/c1-25-12-15-33(16-13-25)51(45,46)49-28(4)47-20-21-48-32-10-7-9-29(22-32)23-36(43)40-39-41-37(27(3)50-39)31-14-17-35-30(24-31)18-19-42(35)38(44)34-11-6-5-8-26(34)2/h5-17,22,24,28H,18-21,23H2,1-4H3,(H,40,41,43). The average Bonchev–Trinajstić information content (AvgIpc) is 3.69. The summed E-state index contributed by atoms with van der Waals surface area (Å²) in [4.78, 5) is 33.9. The molecule has 1 aliphatic heterocycles. The maximum atomic E-state index is 13.3. The van der Waals surface area contributed by atoms with Crippen LogP contribution in [0.15, 0.2) is 95.9 Å². The zero-order chi connectivity index (χ0) is 36.1. The van der Waals surface area contributed by atoms with Gasteiger partial charge in [-0.25, -0.2) is 9.17 Å². The van der Waals surface area contributed by atoms with Crippen LogP contribution in [0, 0.1) is 20.8 Å². The number of aromatic nitrogens is 1. The van der Waals surface area contributed by atoms with Crippen molar-refractivity contribution in [3.05, 3.63) is 124 Å². The molecule has 1 N–H and O–H groups in total. The monoisotopic (exact) mass is 725 g/mol. The summed E-state index contributed by atoms with van der Waals surface area (Å²) in [5.41, 5.74) is 7.11. The van der Waals surface area contributed by atoms with E-state index in [2.05, 4.69) is 11.4 Å². The van der Waals surface area contributed by atoms with Crippen molar-refractivity contribution in [1.82, 2.24) is 4.98 Å². The Kier molecular flexibility index (Phi) is 11.0. The van der Waals surface area contributed by atoms with Crippen molar-refractivity contribution in [1.29, 1.82) is 0 Å². The molecule has 1 aromatic heterocycles. The van der Waals surface area contributed by atoms with E-state index in [1.807, 2.05) is 68.1 Å². The number of anilines is 2. The van der Waals surface area contributed by atoms with Crippen molar-refractivity contribution in [3.63, 3.8) is 0 Å². The second-order valence-electron chi connectivity index (χ2n) is 12.3. The fourth-order valence-corrected chi connectivity index (χ4v) is 7.72. The second kappa shape index (κ2) is 15.6. The lowest BCUT2D eigenvalue weighted by molar-refractivity contribution is -0.115. The number of hydrogen-bond acceptors (Lipinski definition) is 9. The number of amides is 2. The summed E-state index contributed by atoms with van der Waals surface area (Å²) in [6, 6.07) is 27.3. The van der Waals surface area contributed by atoms with Crippen LogP contribution in [0.4, 0.5) is 10.8 Å². The molecule has 12 heteroatoms. The highest BCUT2D eigenvalue weighted by atomic mass is 32.2. The lowest BCUT2D eigenvalue weighted by atomic mass is 10.0. The van der Waals surface area contributed by atoms with Crippen molar-refractivity contribution < 1.29 is 31.7 Å². The maximum Gasteiger partial charge on any atom is 0.299 e. The number of nitrogens with zero attached hydrogens (tertiary/aromatic N) is 2. The smallest absolute Gasteiger partial charge is 0.299 e. The predicted molar refractivity (Wildman–Crippen MR) is 198 cm³/mol. The summed E-state index contributed by atoms with van der Waals surface area (Å²) in [6.45, 7) is 8.17. The molecule has 6 rings (SSSR count). The fraction of sp³-hybridized carbons (Fsp3) is 0.256. The van der Waals surface area contributed by atoms with Crippen LogP contribution in [0.1, 0.15) is 44.4 Å². The van der Waals surface area contributed by atoms with Gasteiger partial charge in [0.25, 0.3) is 16.0 Å². The van der Waals surface area contributed by atoms with E-state index in [-0.39, 0.29) is 36.3 Å². The summed E-state index contributed by atoms with van der Waals surface area (Å²) < 4.78 is 41.3. The van der Waals surface area contributed by atoms with Crippen LogP contribution < -0.4 is 15.0 Å². The molecule has 1 atom stereocenters. The minimum Gasteiger partial charge on any atom is -0.491 e. The summed E-state index contributed by atoms with van der Waals surface area (Å²) >= 11 is 1.41. The molecule has 4 aromatic carbocycles. The maximum absolute atomic E-state index is 13.3. The van der Waals surface area contributed by atoms with Gasteiger partial charge in [0.15, 0.2) is 11.4 Å². The molecule has 10 nitrogen and oxygen atoms in total. The molecule has 0 fully saturated rings. The number of thiazole rings is 1. The van der Waals surface area contributed by atoms with Crippen molar-refractivity contribution >= 4 is 44.1 Å². The first-order valence-corrected chi connectivity index (χ1v) is 18.8. The van der Waals surface area contributed by atoms with Gasteiger partial charge < -0.3 is 19.7 Å². The predicted octanol–water partition coefficient (Wildman–Crippen LogP) is 7.27. The lowest BCUT2D eigenvalue weighted by Gasteiger charge is -2.18. The Balaban J connectivity index is 0.997. The number of hydrogen-bond donors (Lipinski definition) is 1. The fourth-order valence-electron chi connectivity index (χ4n) is 5.87. The molecule has 1 unspecified atom stereocenters. The van der Waals surface area contributed by atoms with Crippen molar-refractivity contribution in [3.8, 4) is 17.0 Å². The Bertz CT molecular complexity index is 2160. The normalized spacial score (nSPS) is 13.1. The summed E-state index contributed by atoms with van der Waals surface area (Å²) in [7, 11) is -3.96. The first-order chi connectivity index (χ1) is 24.5. The number of rotatable bonds is 13. The molecule has 5 aromatic rings. The molecule has 0 saturated heterocycles. The van der Waals surface area contributed by atoms with E-state index in [9.17, 15) is 18.0 Å². The van der Waals surface area contributed by atoms with E-state index in [4.69, 9.17) is 18.6 Å². The van der Waals surface area contributed by atoms with Crippen LogP contribution >= 0.6 is 11.3 Å². The zero-order valence-corrected chi connectivity index (χ0v) is 30.5. The van der Waals surface area contributed by atoms with Crippen LogP contribution in [0.25, 0.3) is 11.3 Å². The number of aryl methyl sites for hydroxylation is 3. The first-order valence-electron chi connectivity index (χ1n) is 16.6. The van der Waals surface area contributed by atoms with Crippen LogP contribution in [0.3, 0.4) is 0 Å². The summed E-state index contributed by atoms with van der Waals surface area (Å²) in [6.07, 6.45) is -0.124. The highest BCUT2D eigenvalue weighted by molar-refractivity contribution is 7.86. The van der Waals surface area contributed by atoms with Gasteiger partial charge in [-0.2, -0.15) is 8.42 Å². The van der Waals surface area contributed by atoms with Gasteiger partial charge in [0.05, 0.1) is 23.6 Å². The van der Waals surface area contributed by atoms with Gasteiger partial charge >= 0.3 is 0 Å². The van der Waals surface area contributed by atoms with Gasteiger partial charge in [-0.15, -0.1) is 11.3 Å². The summed E-state index contributed by atoms with van der Waals surface area (Å²) in [5.74, 6) is 0.341. The van der Waals surface area contributed by atoms with Gasteiger partial charge in [0.2, 0.25) is 5.91 Å². The first kappa shape index (κ1) is 35.9. The molecule has 264 valence electrons. The third kappa shape index (κ3) is 8.71. The molecule has 0 spiro atoms. The molecule has 0 bridgehead atoms. The molecule has 2 heterocycles. The third-order valence-corrected chi connectivity index (χ3v) is 10.7. The number of carbonyl (C=O) groups excluding carboxylic acids is 2. The van der Waals surface area contributed by atoms with Gasteiger partial charge in [-0.1, -0.05) is 54.1 Å². The SMILES string of the molecule is Cc1ccc(S(=O)(=O)OC(C)OCCOc2cccc(CC(=O)Nc3nc(-c4ccc5c(c4)CCN5C(=O)c4ccccc4C)c(C)s3)c2)cc1. The van der Waals surface area contributed by atoms with E-state index in [1.54, 1.807) is 30.3 Å². The average molecular weight is 726 g/mol. The quantitative estimate of drug-likeness (QED) is 0.0764. The van der Waals surface area contributed by atoms with Crippen LogP contribution in [0.2, 0.25) is 0 Å².